The molecule has 1 saturated heterocycles. The van der Waals surface area contributed by atoms with Crippen LogP contribution >= 0.6 is 34.7 Å². The van der Waals surface area contributed by atoms with Crippen LogP contribution in [-0.4, -0.2) is 21.8 Å². The molecular formula is C15H17ClN4OS2. The number of carbonyl (C=O) groups is 1. The number of nitrogens with zero attached hydrogens (tertiary/aromatic N) is 1. The lowest BCUT2D eigenvalue weighted by atomic mass is 10.0. The van der Waals surface area contributed by atoms with Crippen LogP contribution in [0.15, 0.2) is 36.0 Å². The fourth-order valence-electron chi connectivity index (χ4n) is 2.52. The van der Waals surface area contributed by atoms with Gasteiger partial charge in [0, 0.05) is 34.5 Å². The topological polar surface area (TPSA) is 66.1 Å². The van der Waals surface area contributed by atoms with E-state index in [4.69, 9.17) is 11.6 Å². The molecule has 23 heavy (non-hydrogen) atoms. The van der Waals surface area contributed by atoms with Crippen LogP contribution in [0.3, 0.4) is 0 Å². The van der Waals surface area contributed by atoms with Gasteiger partial charge in [0.2, 0.25) is 11.0 Å². The van der Waals surface area contributed by atoms with Crippen LogP contribution in [0.5, 0.6) is 0 Å². The van der Waals surface area contributed by atoms with Gasteiger partial charge in [0.1, 0.15) is 0 Å². The van der Waals surface area contributed by atoms with Gasteiger partial charge >= 0.3 is 0 Å². The van der Waals surface area contributed by atoms with Crippen molar-refractivity contribution in [3.63, 3.8) is 0 Å². The number of anilines is 1. The molecule has 0 spiro atoms. The maximum Gasteiger partial charge on any atom is 0.220 e. The maximum absolute atomic E-state index is 11.7. The Morgan fingerprint density at radius 1 is 1.48 bits per heavy atom. The molecule has 2 aromatic rings. The van der Waals surface area contributed by atoms with Crippen molar-refractivity contribution in [1.29, 1.82) is 0 Å². The highest BCUT2D eigenvalue weighted by atomic mass is 35.5. The quantitative estimate of drug-likeness (QED) is 0.723. The van der Waals surface area contributed by atoms with Crippen LogP contribution in [0.1, 0.15) is 18.7 Å². The number of benzene rings is 1. The number of carbonyl (C=O) groups excluding carboxylic acids is 1. The fraction of sp³-hybridized carbons (Fsp3) is 0.333. The third-order valence-corrected chi connectivity index (χ3v) is 6.24. The first kappa shape index (κ1) is 16.6. The largest absolute Gasteiger partial charge is 0.341 e. The molecule has 122 valence electrons. The van der Waals surface area contributed by atoms with Gasteiger partial charge in [-0.3, -0.25) is 15.1 Å². The van der Waals surface area contributed by atoms with Crippen LogP contribution in [0.2, 0.25) is 5.02 Å². The van der Waals surface area contributed by atoms with E-state index in [1.54, 1.807) is 23.1 Å². The van der Waals surface area contributed by atoms with Crippen molar-refractivity contribution in [3.8, 4) is 0 Å². The number of nitrogens with one attached hydrogen (secondary N) is 3. The molecule has 3 N–H and O–H groups in total. The molecule has 0 bridgehead atoms. The highest BCUT2D eigenvalue weighted by molar-refractivity contribution is 8.01. The van der Waals surface area contributed by atoms with Gasteiger partial charge in [-0.25, -0.2) is 0 Å². The zero-order valence-corrected chi connectivity index (χ0v) is 15.1. The van der Waals surface area contributed by atoms with Crippen molar-refractivity contribution in [3.05, 3.63) is 45.9 Å². The minimum absolute atomic E-state index is 0.118. The Labute approximate surface area is 148 Å². The second-order valence-corrected chi connectivity index (χ2v) is 8.12. The smallest absolute Gasteiger partial charge is 0.220 e. The Bertz CT molecular complexity index is 711. The first-order chi connectivity index (χ1) is 10.9. The lowest BCUT2D eigenvalue weighted by Crippen LogP contribution is -2.61. The van der Waals surface area contributed by atoms with E-state index in [-0.39, 0.29) is 11.4 Å². The molecule has 1 aliphatic heterocycles. The molecule has 1 amide bonds. The highest BCUT2D eigenvalue weighted by Crippen LogP contribution is 2.41. The lowest BCUT2D eigenvalue weighted by molar-refractivity contribution is -0.120. The number of aromatic nitrogens is 1. The van der Waals surface area contributed by atoms with Gasteiger partial charge in [-0.2, -0.15) is 0 Å². The normalized spacial score (nSPS) is 26.9. The molecule has 2 atom stereocenters. The van der Waals surface area contributed by atoms with Gasteiger partial charge in [-0.15, -0.1) is 11.3 Å². The van der Waals surface area contributed by atoms with E-state index in [0.29, 0.717) is 5.02 Å². The number of thiazole rings is 1. The van der Waals surface area contributed by atoms with Crippen molar-refractivity contribution in [2.45, 2.75) is 24.5 Å². The standard InChI is InChI=1S/C15H17ClN4OS2/c1-10(21)18-15(19-12-5-3-4-11(16)6-12)20-14(2,8-23-15)13-7-17-9-22-13/h3-7,9,19-20H,8H2,1-2H3,(H,18,21). The SMILES string of the molecule is CC(=O)NC1(Nc2cccc(Cl)c2)NC(C)(c2cncs2)CS1. The maximum atomic E-state index is 11.7. The number of halogens is 1. The second-order valence-electron chi connectivity index (χ2n) is 5.61. The summed E-state index contributed by atoms with van der Waals surface area (Å²) in [6, 6.07) is 7.43. The van der Waals surface area contributed by atoms with E-state index >= 15 is 0 Å². The lowest BCUT2D eigenvalue weighted by Gasteiger charge is -2.34. The third-order valence-electron chi connectivity index (χ3n) is 3.50. The molecule has 0 radical (unpaired) electrons. The molecule has 8 heteroatoms. The predicted octanol–water partition coefficient (Wildman–Crippen LogP) is 3.21. The molecule has 5 nitrogen and oxygen atoms in total. The Balaban J connectivity index is 1.88. The summed E-state index contributed by atoms with van der Waals surface area (Å²) in [5.41, 5.74) is 2.37. The van der Waals surface area contributed by atoms with Crippen LogP contribution < -0.4 is 16.0 Å². The van der Waals surface area contributed by atoms with Crippen LogP contribution in [0.25, 0.3) is 0 Å². The van der Waals surface area contributed by atoms with Crippen molar-refractivity contribution >= 4 is 46.3 Å². The average Bonchev–Trinajstić information content (AvgIpc) is 3.08. The van der Waals surface area contributed by atoms with E-state index in [1.165, 1.54) is 6.92 Å². The van der Waals surface area contributed by atoms with Crippen molar-refractivity contribution in [2.75, 3.05) is 11.1 Å². The van der Waals surface area contributed by atoms with E-state index in [1.807, 2.05) is 36.0 Å². The van der Waals surface area contributed by atoms with E-state index in [0.717, 1.165) is 16.3 Å². The Kier molecular flexibility index (Phi) is 4.55. The Morgan fingerprint density at radius 2 is 2.30 bits per heavy atom. The van der Waals surface area contributed by atoms with Crippen LogP contribution in [-0.2, 0) is 10.3 Å². The zero-order valence-electron chi connectivity index (χ0n) is 12.7. The minimum Gasteiger partial charge on any atom is -0.341 e. The number of hydrogen-bond donors (Lipinski definition) is 3. The number of rotatable bonds is 4. The summed E-state index contributed by atoms with van der Waals surface area (Å²) in [6.07, 6.45) is 1.86. The number of amides is 1. The van der Waals surface area contributed by atoms with Crippen LogP contribution in [0.4, 0.5) is 5.69 Å². The van der Waals surface area contributed by atoms with Gasteiger partial charge in [0.25, 0.3) is 0 Å². The summed E-state index contributed by atoms with van der Waals surface area (Å²) in [7, 11) is 0. The van der Waals surface area contributed by atoms with Crippen molar-refractivity contribution in [1.82, 2.24) is 15.6 Å². The molecule has 1 fully saturated rings. The van der Waals surface area contributed by atoms with Crippen molar-refractivity contribution in [2.24, 2.45) is 0 Å². The zero-order chi connectivity index (χ0) is 16.5. The number of hydrogen-bond acceptors (Lipinski definition) is 6. The van der Waals surface area contributed by atoms with Gasteiger partial charge in [-0.05, 0) is 25.1 Å². The molecule has 1 aromatic carbocycles. The average molecular weight is 369 g/mol. The molecule has 1 aromatic heterocycles. The second kappa shape index (κ2) is 6.32. The monoisotopic (exact) mass is 368 g/mol. The van der Waals surface area contributed by atoms with Gasteiger partial charge < -0.3 is 10.6 Å². The fourth-order valence-corrected chi connectivity index (χ4v) is 4.98. The molecule has 0 saturated carbocycles. The molecule has 1 aliphatic rings. The summed E-state index contributed by atoms with van der Waals surface area (Å²) >= 11 is 9.26. The number of thioether (sulfide) groups is 1. The summed E-state index contributed by atoms with van der Waals surface area (Å²) in [5, 5.41) is 9.72. The Morgan fingerprint density at radius 3 is 2.96 bits per heavy atom. The van der Waals surface area contributed by atoms with Gasteiger partial charge in [0.15, 0.2) is 0 Å². The summed E-state index contributed by atoms with van der Waals surface area (Å²) in [6.45, 7) is 3.61. The van der Waals surface area contributed by atoms with E-state index in [2.05, 4.69) is 27.9 Å². The molecular weight excluding hydrogens is 352 g/mol. The molecule has 3 rings (SSSR count). The Hall–Kier alpha value is -1.28. The van der Waals surface area contributed by atoms with Gasteiger partial charge in [-0.1, -0.05) is 29.4 Å². The third kappa shape index (κ3) is 3.63. The minimum atomic E-state index is -0.796. The summed E-state index contributed by atoms with van der Waals surface area (Å²) in [5.74, 6) is 0.677. The molecule has 2 heterocycles. The first-order valence-corrected chi connectivity index (χ1v) is 9.30. The predicted molar refractivity (Wildman–Crippen MR) is 96.7 cm³/mol. The van der Waals surface area contributed by atoms with E-state index < -0.39 is 5.12 Å². The summed E-state index contributed by atoms with van der Waals surface area (Å²) in [4.78, 5) is 17.0. The van der Waals surface area contributed by atoms with Crippen molar-refractivity contribution < 1.29 is 4.79 Å². The summed E-state index contributed by atoms with van der Waals surface area (Å²) < 4.78 is 0. The van der Waals surface area contributed by atoms with Crippen LogP contribution in [0, 0.1) is 0 Å². The highest BCUT2D eigenvalue weighted by Gasteiger charge is 2.48. The molecule has 0 aliphatic carbocycles. The van der Waals surface area contributed by atoms with Gasteiger partial charge in [0.05, 0.1) is 11.0 Å². The molecule has 2 unspecified atom stereocenters. The van der Waals surface area contributed by atoms with E-state index in [9.17, 15) is 4.79 Å². The first-order valence-electron chi connectivity index (χ1n) is 7.06.